The lowest BCUT2D eigenvalue weighted by Gasteiger charge is -2.01. The molecular weight excluding hydrogens is 214 g/mol. The Balaban J connectivity index is 2.20. The number of nitrogens with one attached hydrogen (secondary N) is 1. The van der Waals surface area contributed by atoms with Crippen LogP contribution in [0.3, 0.4) is 0 Å². The zero-order chi connectivity index (χ0) is 11.8. The number of pyridine rings is 1. The average Bonchev–Trinajstić information content (AvgIpc) is 2.72. The fourth-order valence-electron chi connectivity index (χ4n) is 1.77. The van der Waals surface area contributed by atoms with Crippen LogP contribution in [0.4, 0.5) is 11.5 Å². The Bertz CT molecular complexity index is 653. The van der Waals surface area contributed by atoms with Gasteiger partial charge in [-0.05, 0) is 12.1 Å². The minimum absolute atomic E-state index is 0.405. The van der Waals surface area contributed by atoms with E-state index >= 15 is 0 Å². The second-order valence-electron chi connectivity index (χ2n) is 3.80. The molecule has 0 amide bonds. The molecule has 0 saturated heterocycles. The highest BCUT2D eigenvalue weighted by Gasteiger charge is 2.08. The van der Waals surface area contributed by atoms with E-state index in [9.17, 15) is 0 Å². The molecule has 0 bridgehead atoms. The number of anilines is 2. The van der Waals surface area contributed by atoms with E-state index in [1.54, 1.807) is 12.3 Å². The molecule has 5 heteroatoms. The zero-order valence-corrected chi connectivity index (χ0v) is 9.01. The van der Waals surface area contributed by atoms with Crippen LogP contribution in [-0.4, -0.2) is 15.0 Å². The predicted octanol–water partition coefficient (Wildman–Crippen LogP) is 1.79. The van der Waals surface area contributed by atoms with E-state index in [1.165, 1.54) is 0 Å². The van der Waals surface area contributed by atoms with Crippen LogP contribution in [0.15, 0.2) is 36.5 Å². The van der Waals surface area contributed by atoms with Crippen molar-refractivity contribution in [1.82, 2.24) is 15.0 Å². The van der Waals surface area contributed by atoms with Gasteiger partial charge in [-0.2, -0.15) is 0 Å². The maximum absolute atomic E-state index is 5.90. The highest BCUT2D eigenvalue weighted by atomic mass is 14.9. The summed E-state index contributed by atoms with van der Waals surface area (Å²) in [6.45, 7) is 0. The van der Waals surface area contributed by atoms with Gasteiger partial charge in [0.25, 0.3) is 0 Å². The van der Waals surface area contributed by atoms with Gasteiger partial charge in [-0.15, -0.1) is 0 Å². The molecule has 0 fully saturated rings. The number of H-pyrrole nitrogens is 1. The van der Waals surface area contributed by atoms with Crippen LogP contribution in [-0.2, 0) is 0 Å². The van der Waals surface area contributed by atoms with Crippen molar-refractivity contribution in [2.75, 3.05) is 11.5 Å². The Morgan fingerprint density at radius 3 is 2.71 bits per heavy atom. The minimum Gasteiger partial charge on any atom is -0.398 e. The molecule has 0 unspecified atom stereocenters. The van der Waals surface area contributed by atoms with Gasteiger partial charge in [-0.25, -0.2) is 9.97 Å². The number of aromatic nitrogens is 3. The second kappa shape index (κ2) is 3.48. The number of hydrogen-bond donors (Lipinski definition) is 3. The lowest BCUT2D eigenvalue weighted by Crippen LogP contribution is -1.96. The van der Waals surface area contributed by atoms with Crippen LogP contribution in [0, 0.1) is 0 Å². The molecular formula is C12H11N5. The number of nitrogens with zero attached hydrogens (tertiary/aromatic N) is 2. The van der Waals surface area contributed by atoms with E-state index in [1.807, 2.05) is 24.3 Å². The van der Waals surface area contributed by atoms with E-state index in [0.29, 0.717) is 17.3 Å². The average molecular weight is 225 g/mol. The smallest absolute Gasteiger partial charge is 0.142 e. The zero-order valence-electron chi connectivity index (χ0n) is 9.01. The fraction of sp³-hybridized carbons (Fsp3) is 0. The topological polar surface area (TPSA) is 93.6 Å². The van der Waals surface area contributed by atoms with Gasteiger partial charge in [0.2, 0.25) is 0 Å². The first-order valence-corrected chi connectivity index (χ1v) is 5.20. The fourth-order valence-corrected chi connectivity index (χ4v) is 1.77. The molecule has 0 aliphatic heterocycles. The summed E-state index contributed by atoms with van der Waals surface area (Å²) in [7, 11) is 0. The Morgan fingerprint density at radius 2 is 1.94 bits per heavy atom. The van der Waals surface area contributed by atoms with Gasteiger partial charge in [0.15, 0.2) is 0 Å². The lowest BCUT2D eigenvalue weighted by atomic mass is 10.2. The van der Waals surface area contributed by atoms with E-state index < -0.39 is 0 Å². The Morgan fingerprint density at radius 1 is 1.12 bits per heavy atom. The van der Waals surface area contributed by atoms with Crippen molar-refractivity contribution in [3.8, 4) is 11.4 Å². The maximum Gasteiger partial charge on any atom is 0.142 e. The third kappa shape index (κ3) is 1.57. The molecule has 3 aromatic rings. The van der Waals surface area contributed by atoms with Crippen molar-refractivity contribution in [2.24, 2.45) is 0 Å². The molecule has 0 radical (unpaired) electrons. The maximum atomic E-state index is 5.90. The van der Waals surface area contributed by atoms with Crippen molar-refractivity contribution in [1.29, 1.82) is 0 Å². The molecule has 0 saturated carbocycles. The first-order chi connectivity index (χ1) is 8.24. The number of aromatic amines is 1. The highest BCUT2D eigenvalue weighted by molar-refractivity contribution is 5.82. The van der Waals surface area contributed by atoms with Gasteiger partial charge in [-0.1, -0.05) is 12.1 Å². The summed E-state index contributed by atoms with van der Waals surface area (Å²) in [5, 5.41) is 0. The molecule has 17 heavy (non-hydrogen) atoms. The molecule has 0 spiro atoms. The lowest BCUT2D eigenvalue weighted by molar-refractivity contribution is 1.28. The summed E-state index contributed by atoms with van der Waals surface area (Å²) in [5.74, 6) is 1.11. The Hall–Kier alpha value is -2.56. The number of benzene rings is 1. The standard InChI is InChI=1S/C12H11N5/c13-8-5-11(14)15-6-7(8)12-16-9-3-1-2-4-10(9)17-12/h1-6H,(H,16,17)(H4,13,14,15). The first kappa shape index (κ1) is 9.65. The molecule has 0 aliphatic carbocycles. The third-order valence-corrected chi connectivity index (χ3v) is 2.60. The first-order valence-electron chi connectivity index (χ1n) is 5.20. The number of hydrogen-bond acceptors (Lipinski definition) is 4. The largest absolute Gasteiger partial charge is 0.398 e. The van der Waals surface area contributed by atoms with Crippen LogP contribution in [0.2, 0.25) is 0 Å². The summed E-state index contributed by atoms with van der Waals surface area (Å²) in [5.41, 5.74) is 14.7. The molecule has 5 nitrogen and oxygen atoms in total. The predicted molar refractivity (Wildman–Crippen MR) is 68.1 cm³/mol. The normalized spacial score (nSPS) is 10.8. The van der Waals surface area contributed by atoms with Gasteiger partial charge in [-0.3, -0.25) is 0 Å². The van der Waals surface area contributed by atoms with Gasteiger partial charge in [0.05, 0.1) is 16.6 Å². The summed E-state index contributed by atoms with van der Waals surface area (Å²) in [6.07, 6.45) is 1.63. The van der Waals surface area contributed by atoms with Crippen LogP contribution in [0.5, 0.6) is 0 Å². The van der Waals surface area contributed by atoms with E-state index in [0.717, 1.165) is 16.6 Å². The van der Waals surface area contributed by atoms with Crippen LogP contribution in [0.25, 0.3) is 22.4 Å². The third-order valence-electron chi connectivity index (χ3n) is 2.60. The molecule has 2 aromatic heterocycles. The van der Waals surface area contributed by atoms with Crippen LogP contribution >= 0.6 is 0 Å². The number of nitrogens with two attached hydrogens (primary N) is 2. The minimum atomic E-state index is 0.405. The second-order valence-corrected chi connectivity index (χ2v) is 3.80. The number of fused-ring (bicyclic) bond motifs is 1. The summed E-state index contributed by atoms with van der Waals surface area (Å²) >= 11 is 0. The van der Waals surface area contributed by atoms with Crippen molar-refractivity contribution >= 4 is 22.5 Å². The van der Waals surface area contributed by atoms with Crippen molar-refractivity contribution in [3.05, 3.63) is 36.5 Å². The Labute approximate surface area is 97.5 Å². The van der Waals surface area contributed by atoms with Crippen molar-refractivity contribution in [3.63, 3.8) is 0 Å². The SMILES string of the molecule is Nc1cc(N)c(-c2nc3ccccc3[nH]2)cn1. The number of para-hydroxylation sites is 2. The Kier molecular flexibility index (Phi) is 1.98. The quantitative estimate of drug-likeness (QED) is 0.588. The monoisotopic (exact) mass is 225 g/mol. The van der Waals surface area contributed by atoms with Crippen LogP contribution < -0.4 is 11.5 Å². The highest BCUT2D eigenvalue weighted by Crippen LogP contribution is 2.25. The molecule has 2 heterocycles. The summed E-state index contributed by atoms with van der Waals surface area (Å²) in [4.78, 5) is 11.7. The molecule has 3 rings (SSSR count). The van der Waals surface area contributed by atoms with Gasteiger partial charge >= 0.3 is 0 Å². The van der Waals surface area contributed by atoms with Gasteiger partial charge in [0.1, 0.15) is 11.6 Å². The van der Waals surface area contributed by atoms with E-state index in [-0.39, 0.29) is 0 Å². The summed E-state index contributed by atoms with van der Waals surface area (Å²) < 4.78 is 0. The van der Waals surface area contributed by atoms with Crippen molar-refractivity contribution in [2.45, 2.75) is 0 Å². The molecule has 0 atom stereocenters. The van der Waals surface area contributed by atoms with Crippen LogP contribution in [0.1, 0.15) is 0 Å². The number of rotatable bonds is 1. The van der Waals surface area contributed by atoms with E-state index in [4.69, 9.17) is 11.5 Å². The summed E-state index contributed by atoms with van der Waals surface area (Å²) in [6, 6.07) is 9.43. The van der Waals surface area contributed by atoms with Crippen molar-refractivity contribution < 1.29 is 0 Å². The van der Waals surface area contributed by atoms with Gasteiger partial charge < -0.3 is 16.5 Å². The molecule has 84 valence electrons. The molecule has 5 N–H and O–H groups in total. The van der Waals surface area contributed by atoms with Gasteiger partial charge in [0, 0.05) is 18.0 Å². The van der Waals surface area contributed by atoms with E-state index in [2.05, 4.69) is 15.0 Å². The number of nitrogen functional groups attached to an aromatic ring is 2. The number of imidazole rings is 1. The molecule has 0 aliphatic rings. The molecule has 1 aromatic carbocycles.